The molecular formula is C23H17FN4OS2. The Morgan fingerprint density at radius 2 is 1.84 bits per heavy atom. The number of hydrogen-bond donors (Lipinski definition) is 1. The van der Waals surface area contributed by atoms with E-state index in [-0.39, 0.29) is 11.9 Å². The zero-order valence-corrected chi connectivity index (χ0v) is 18.1. The maximum absolute atomic E-state index is 13.5. The number of anilines is 1. The van der Waals surface area contributed by atoms with E-state index in [2.05, 4.69) is 15.5 Å². The van der Waals surface area contributed by atoms with Crippen molar-refractivity contribution in [3.05, 3.63) is 95.1 Å². The highest BCUT2D eigenvalue weighted by molar-refractivity contribution is 7.80. The Balaban J connectivity index is 1.66. The van der Waals surface area contributed by atoms with Gasteiger partial charge in [0.05, 0.1) is 16.5 Å². The van der Waals surface area contributed by atoms with Gasteiger partial charge in [-0.3, -0.25) is 4.90 Å². The Kier molecular flexibility index (Phi) is 5.09. The molecule has 0 saturated heterocycles. The van der Waals surface area contributed by atoms with Crippen molar-refractivity contribution in [1.82, 2.24) is 15.5 Å². The van der Waals surface area contributed by atoms with E-state index in [0.29, 0.717) is 16.8 Å². The van der Waals surface area contributed by atoms with Crippen molar-refractivity contribution in [2.24, 2.45) is 0 Å². The van der Waals surface area contributed by atoms with E-state index in [1.54, 1.807) is 23.5 Å². The summed E-state index contributed by atoms with van der Waals surface area (Å²) in [6, 6.07) is 19.8. The van der Waals surface area contributed by atoms with Crippen LogP contribution in [0.15, 0.2) is 82.3 Å². The Morgan fingerprint density at radius 1 is 1.06 bits per heavy atom. The molecule has 0 fully saturated rings. The minimum atomic E-state index is -0.304. The molecule has 0 amide bonds. The third-order valence-corrected chi connectivity index (χ3v) is 6.27. The number of aromatic nitrogens is 2. The van der Waals surface area contributed by atoms with Crippen LogP contribution < -0.4 is 10.2 Å². The van der Waals surface area contributed by atoms with Crippen LogP contribution in [0.5, 0.6) is 0 Å². The van der Waals surface area contributed by atoms with E-state index in [4.69, 9.17) is 16.7 Å². The van der Waals surface area contributed by atoms with E-state index < -0.39 is 0 Å². The van der Waals surface area contributed by atoms with Gasteiger partial charge < -0.3 is 9.84 Å². The zero-order valence-electron chi connectivity index (χ0n) is 16.4. The van der Waals surface area contributed by atoms with Crippen molar-refractivity contribution in [2.45, 2.75) is 13.0 Å². The van der Waals surface area contributed by atoms with Crippen LogP contribution in [0.4, 0.5) is 10.1 Å². The summed E-state index contributed by atoms with van der Waals surface area (Å²) in [6.07, 6.45) is 0. The molecule has 1 aliphatic rings. The first-order valence-electron chi connectivity index (χ1n) is 9.61. The van der Waals surface area contributed by atoms with Gasteiger partial charge in [-0.25, -0.2) is 4.39 Å². The van der Waals surface area contributed by atoms with Crippen LogP contribution in [0.25, 0.3) is 16.3 Å². The second kappa shape index (κ2) is 8.05. The van der Waals surface area contributed by atoms with E-state index in [9.17, 15) is 4.39 Å². The highest BCUT2D eigenvalue weighted by atomic mass is 32.1. The number of thiocarbonyl (C=S) groups is 1. The van der Waals surface area contributed by atoms with Crippen molar-refractivity contribution >= 4 is 39.9 Å². The molecule has 0 saturated carbocycles. The van der Waals surface area contributed by atoms with Gasteiger partial charge in [0.15, 0.2) is 5.11 Å². The Morgan fingerprint density at radius 3 is 2.55 bits per heavy atom. The molecule has 154 valence electrons. The van der Waals surface area contributed by atoms with Gasteiger partial charge in [-0.05, 0) is 60.4 Å². The summed E-state index contributed by atoms with van der Waals surface area (Å²) < 4.78 is 19.2. The molecule has 0 radical (unpaired) electrons. The molecule has 0 bridgehead atoms. The number of nitrogens with one attached hydrogen (secondary N) is 1. The molecule has 0 aliphatic carbocycles. The molecule has 0 spiro atoms. The zero-order chi connectivity index (χ0) is 21.4. The molecule has 3 heterocycles. The lowest BCUT2D eigenvalue weighted by Crippen LogP contribution is -2.46. The Bertz CT molecular complexity index is 1250. The van der Waals surface area contributed by atoms with Crippen molar-refractivity contribution in [1.29, 1.82) is 0 Å². The molecule has 31 heavy (non-hydrogen) atoms. The first-order chi connectivity index (χ1) is 15.1. The molecule has 8 heteroatoms. The molecule has 1 aliphatic heterocycles. The highest BCUT2D eigenvalue weighted by Crippen LogP contribution is 2.39. The third-order valence-electron chi connectivity index (χ3n) is 5.10. The van der Waals surface area contributed by atoms with Gasteiger partial charge in [-0.2, -0.15) is 4.98 Å². The summed E-state index contributed by atoms with van der Waals surface area (Å²) in [5, 5.41) is 10.1. The smallest absolute Gasteiger partial charge is 0.258 e. The number of allylic oxidation sites excluding steroid dienone is 1. The van der Waals surface area contributed by atoms with Crippen molar-refractivity contribution in [3.8, 4) is 10.7 Å². The average molecular weight is 449 g/mol. The summed E-state index contributed by atoms with van der Waals surface area (Å²) in [5.74, 6) is 0.650. The number of thiophene rings is 1. The summed E-state index contributed by atoms with van der Waals surface area (Å²) >= 11 is 7.24. The standard InChI is InChI=1S/C23H17FN4OS2/c1-14-19(22-26-21(27-29-22)18-8-5-13-31-18)20(15-6-3-2-4-7-15)25-23(30)28(14)17-11-9-16(24)10-12-17/h2-13,20H,1H3,(H,25,30). The maximum atomic E-state index is 13.5. The lowest BCUT2D eigenvalue weighted by molar-refractivity contribution is 0.404. The predicted molar refractivity (Wildman–Crippen MR) is 124 cm³/mol. The Labute approximate surface area is 187 Å². The first-order valence-corrected chi connectivity index (χ1v) is 10.9. The molecule has 4 aromatic rings. The number of nitrogens with zero attached hydrogens (tertiary/aromatic N) is 3. The van der Waals surface area contributed by atoms with Gasteiger partial charge in [0, 0.05) is 11.4 Å². The number of benzene rings is 2. The molecule has 5 nitrogen and oxygen atoms in total. The normalized spacial score (nSPS) is 16.5. The van der Waals surface area contributed by atoms with Crippen LogP contribution in [-0.2, 0) is 0 Å². The molecule has 1 atom stereocenters. The fourth-order valence-electron chi connectivity index (χ4n) is 3.66. The van der Waals surface area contributed by atoms with Crippen molar-refractivity contribution in [3.63, 3.8) is 0 Å². The van der Waals surface area contributed by atoms with Crippen LogP contribution >= 0.6 is 23.6 Å². The van der Waals surface area contributed by atoms with Crippen LogP contribution in [0.1, 0.15) is 24.4 Å². The van der Waals surface area contributed by atoms with Gasteiger partial charge in [0.25, 0.3) is 5.89 Å². The molecule has 2 aromatic carbocycles. The molecule has 1 N–H and O–H groups in total. The Hall–Kier alpha value is -3.36. The molecule has 1 unspecified atom stereocenters. The molecular weight excluding hydrogens is 431 g/mol. The van der Waals surface area contributed by atoms with Crippen LogP contribution in [0.2, 0.25) is 0 Å². The van der Waals surface area contributed by atoms with Gasteiger partial charge in [-0.1, -0.05) is 41.6 Å². The van der Waals surface area contributed by atoms with Crippen molar-refractivity contribution < 1.29 is 8.91 Å². The average Bonchev–Trinajstić information content (AvgIpc) is 3.47. The number of hydrogen-bond acceptors (Lipinski definition) is 5. The van der Waals surface area contributed by atoms with Gasteiger partial charge in [0.2, 0.25) is 5.82 Å². The summed E-state index contributed by atoms with van der Waals surface area (Å²) in [5.41, 5.74) is 3.43. The second-order valence-corrected chi connectivity index (χ2v) is 8.34. The maximum Gasteiger partial charge on any atom is 0.258 e. The SMILES string of the molecule is CC1=C(c2nc(-c3cccs3)no2)C(c2ccccc2)NC(=S)N1c1ccc(F)cc1. The number of rotatable bonds is 4. The predicted octanol–water partition coefficient (Wildman–Crippen LogP) is 5.80. The van der Waals surface area contributed by atoms with Crippen molar-refractivity contribution in [2.75, 3.05) is 4.90 Å². The number of halogens is 1. The van der Waals surface area contributed by atoms with Gasteiger partial charge in [0.1, 0.15) is 5.82 Å². The quantitative estimate of drug-likeness (QED) is 0.398. The second-order valence-electron chi connectivity index (χ2n) is 7.00. The monoisotopic (exact) mass is 448 g/mol. The molecule has 2 aromatic heterocycles. The van der Waals surface area contributed by atoms with Crippen LogP contribution in [-0.4, -0.2) is 15.3 Å². The van der Waals surface area contributed by atoms with E-state index in [1.807, 2.05) is 59.7 Å². The highest BCUT2D eigenvalue weighted by Gasteiger charge is 2.34. The summed E-state index contributed by atoms with van der Waals surface area (Å²) in [7, 11) is 0. The fraction of sp³-hybridized carbons (Fsp3) is 0.0870. The lowest BCUT2D eigenvalue weighted by Gasteiger charge is -2.37. The largest absolute Gasteiger partial charge is 0.351 e. The van der Waals surface area contributed by atoms with Crippen LogP contribution in [0, 0.1) is 5.82 Å². The van der Waals surface area contributed by atoms with E-state index >= 15 is 0 Å². The minimum Gasteiger partial charge on any atom is -0.351 e. The lowest BCUT2D eigenvalue weighted by atomic mass is 9.94. The van der Waals surface area contributed by atoms with Gasteiger partial charge in [-0.15, -0.1) is 11.3 Å². The van der Waals surface area contributed by atoms with E-state index in [1.165, 1.54) is 12.1 Å². The first kappa shape index (κ1) is 19.6. The van der Waals surface area contributed by atoms with E-state index in [0.717, 1.165) is 27.4 Å². The fourth-order valence-corrected chi connectivity index (χ4v) is 4.66. The molecule has 5 rings (SSSR count). The minimum absolute atomic E-state index is 0.262. The van der Waals surface area contributed by atoms with Crippen LogP contribution in [0.3, 0.4) is 0 Å². The summed E-state index contributed by atoms with van der Waals surface area (Å²) in [4.78, 5) is 7.46. The third kappa shape index (κ3) is 3.64. The van der Waals surface area contributed by atoms with Gasteiger partial charge >= 0.3 is 0 Å². The topological polar surface area (TPSA) is 54.2 Å². The summed E-state index contributed by atoms with van der Waals surface area (Å²) in [6.45, 7) is 1.96.